The molecule has 0 amide bonds. The molecule has 2 aromatic heterocycles. The summed E-state index contributed by atoms with van der Waals surface area (Å²) in [5, 5.41) is 8.25. The highest BCUT2D eigenvalue weighted by Crippen LogP contribution is 2.09. The summed E-state index contributed by atoms with van der Waals surface area (Å²) in [6, 6.07) is 6.14. The normalized spacial score (nSPS) is 10.9. The molecule has 0 aromatic carbocycles. The Bertz CT molecular complexity index is 417. The van der Waals surface area contributed by atoms with Crippen LogP contribution in [0.1, 0.15) is 25.4 Å². The largest absolute Gasteiger partial charge is 0.283 e. The summed E-state index contributed by atoms with van der Waals surface area (Å²) in [7, 11) is 0. The van der Waals surface area contributed by atoms with Gasteiger partial charge in [-0.2, -0.15) is 0 Å². The van der Waals surface area contributed by atoms with Gasteiger partial charge in [0.2, 0.25) is 0 Å². The number of hydrogen-bond acceptors (Lipinski definition) is 2. The Morgan fingerprint density at radius 3 is 2.69 bits per heavy atom. The number of nitrogens with zero attached hydrogens (tertiary/aromatic N) is 3. The van der Waals surface area contributed by atoms with E-state index in [4.69, 9.17) is 0 Å². The molecule has 0 unspecified atom stereocenters. The lowest BCUT2D eigenvalue weighted by Gasteiger charge is -2.02. The summed E-state index contributed by atoms with van der Waals surface area (Å²) in [6.07, 6.45) is 1.94. The number of hydrogen-bond donors (Lipinski definition) is 0. The molecule has 2 rings (SSSR count). The van der Waals surface area contributed by atoms with Crippen molar-refractivity contribution in [2.75, 3.05) is 0 Å². The van der Waals surface area contributed by atoms with Crippen LogP contribution in [0.5, 0.6) is 0 Å². The lowest BCUT2D eigenvalue weighted by atomic mass is 10.3. The maximum atomic E-state index is 4.14. The Balaban J connectivity index is 2.76. The molecule has 0 saturated carbocycles. The predicted molar refractivity (Wildman–Crippen MR) is 51.7 cm³/mol. The Kier molecular flexibility index (Phi) is 2.00. The van der Waals surface area contributed by atoms with Gasteiger partial charge in [0, 0.05) is 12.1 Å². The maximum Gasteiger partial charge on any atom is 0.160 e. The highest BCUT2D eigenvalue weighted by molar-refractivity contribution is 5.39. The van der Waals surface area contributed by atoms with Crippen molar-refractivity contribution in [3.8, 4) is 0 Å². The predicted octanol–water partition coefficient (Wildman–Crippen LogP) is 1.85. The number of pyridine rings is 1. The zero-order chi connectivity index (χ0) is 9.26. The zero-order valence-electron chi connectivity index (χ0n) is 7.99. The number of fused-ring (bicyclic) bond motifs is 1. The van der Waals surface area contributed by atoms with Crippen LogP contribution in [-0.2, 0) is 12.8 Å². The third-order valence-electron chi connectivity index (χ3n) is 2.25. The number of aryl methyl sites for hydroxylation is 2. The van der Waals surface area contributed by atoms with E-state index in [2.05, 4.69) is 34.5 Å². The van der Waals surface area contributed by atoms with E-state index in [1.165, 1.54) is 5.69 Å². The molecule has 2 aromatic rings. The lowest BCUT2D eigenvalue weighted by Crippen LogP contribution is -1.99. The van der Waals surface area contributed by atoms with Crippen molar-refractivity contribution in [1.82, 2.24) is 14.6 Å². The maximum absolute atomic E-state index is 4.14. The van der Waals surface area contributed by atoms with E-state index < -0.39 is 0 Å². The minimum atomic E-state index is 0.929. The van der Waals surface area contributed by atoms with Crippen LogP contribution in [0.3, 0.4) is 0 Å². The monoisotopic (exact) mass is 175 g/mol. The van der Waals surface area contributed by atoms with Crippen LogP contribution in [0.15, 0.2) is 18.2 Å². The fraction of sp³-hybridized carbons (Fsp3) is 0.400. The highest BCUT2D eigenvalue weighted by Gasteiger charge is 2.05. The van der Waals surface area contributed by atoms with Crippen LogP contribution in [-0.4, -0.2) is 14.6 Å². The molecule has 0 aliphatic heterocycles. The van der Waals surface area contributed by atoms with Gasteiger partial charge in [-0.1, -0.05) is 19.9 Å². The lowest BCUT2D eigenvalue weighted by molar-refractivity contribution is 0.866. The minimum absolute atomic E-state index is 0.929. The van der Waals surface area contributed by atoms with Gasteiger partial charge in [0.05, 0.1) is 0 Å². The fourth-order valence-corrected chi connectivity index (χ4v) is 1.58. The highest BCUT2D eigenvalue weighted by atomic mass is 15.2. The van der Waals surface area contributed by atoms with E-state index in [1.807, 2.05) is 12.1 Å². The Morgan fingerprint density at radius 1 is 1.15 bits per heavy atom. The molecule has 0 radical (unpaired) electrons. The molecule has 0 spiro atoms. The van der Waals surface area contributed by atoms with Crippen molar-refractivity contribution >= 4 is 5.65 Å². The van der Waals surface area contributed by atoms with Crippen LogP contribution in [0.25, 0.3) is 5.65 Å². The van der Waals surface area contributed by atoms with Gasteiger partial charge in [0.25, 0.3) is 0 Å². The Hall–Kier alpha value is -1.38. The molecular weight excluding hydrogens is 162 g/mol. The smallest absolute Gasteiger partial charge is 0.160 e. The summed E-state index contributed by atoms with van der Waals surface area (Å²) in [5.41, 5.74) is 2.23. The first-order valence-electron chi connectivity index (χ1n) is 4.68. The molecule has 0 aliphatic rings. The summed E-state index contributed by atoms with van der Waals surface area (Å²) < 4.78 is 2.14. The van der Waals surface area contributed by atoms with Crippen LogP contribution in [0.4, 0.5) is 0 Å². The second-order valence-corrected chi connectivity index (χ2v) is 3.03. The van der Waals surface area contributed by atoms with Crippen LogP contribution >= 0.6 is 0 Å². The quantitative estimate of drug-likeness (QED) is 0.697. The molecule has 68 valence electrons. The van der Waals surface area contributed by atoms with Crippen LogP contribution in [0.2, 0.25) is 0 Å². The van der Waals surface area contributed by atoms with E-state index in [-0.39, 0.29) is 0 Å². The molecule has 0 bridgehead atoms. The van der Waals surface area contributed by atoms with Gasteiger partial charge in [0.1, 0.15) is 5.82 Å². The van der Waals surface area contributed by atoms with Gasteiger partial charge >= 0.3 is 0 Å². The molecule has 2 heterocycles. The Labute approximate surface area is 77.4 Å². The molecule has 3 nitrogen and oxygen atoms in total. The first-order valence-corrected chi connectivity index (χ1v) is 4.68. The molecule has 0 saturated heterocycles. The molecular formula is C10H13N3. The number of aromatic nitrogens is 3. The van der Waals surface area contributed by atoms with E-state index in [1.54, 1.807) is 0 Å². The minimum Gasteiger partial charge on any atom is -0.283 e. The standard InChI is InChI=1S/C10H13N3/c1-3-8-6-5-7-10-12-11-9(4-2)13(8)10/h5-7H,3-4H2,1-2H3. The van der Waals surface area contributed by atoms with E-state index in [9.17, 15) is 0 Å². The average molecular weight is 175 g/mol. The topological polar surface area (TPSA) is 30.2 Å². The van der Waals surface area contributed by atoms with Crippen molar-refractivity contribution < 1.29 is 0 Å². The van der Waals surface area contributed by atoms with Gasteiger partial charge in [0.15, 0.2) is 5.65 Å². The fourth-order valence-electron chi connectivity index (χ4n) is 1.58. The van der Waals surface area contributed by atoms with Crippen molar-refractivity contribution in [1.29, 1.82) is 0 Å². The van der Waals surface area contributed by atoms with Gasteiger partial charge in [-0.15, -0.1) is 10.2 Å². The zero-order valence-corrected chi connectivity index (χ0v) is 7.99. The van der Waals surface area contributed by atoms with Gasteiger partial charge in [-0.3, -0.25) is 4.40 Å². The van der Waals surface area contributed by atoms with Gasteiger partial charge in [-0.25, -0.2) is 0 Å². The van der Waals surface area contributed by atoms with E-state index >= 15 is 0 Å². The van der Waals surface area contributed by atoms with E-state index in [0.29, 0.717) is 0 Å². The average Bonchev–Trinajstić information content (AvgIpc) is 2.60. The Morgan fingerprint density at radius 2 is 2.00 bits per heavy atom. The van der Waals surface area contributed by atoms with E-state index in [0.717, 1.165) is 24.3 Å². The van der Waals surface area contributed by atoms with Crippen molar-refractivity contribution in [3.63, 3.8) is 0 Å². The van der Waals surface area contributed by atoms with Crippen molar-refractivity contribution in [2.45, 2.75) is 26.7 Å². The first kappa shape index (κ1) is 8.23. The molecule has 0 aliphatic carbocycles. The summed E-state index contributed by atoms with van der Waals surface area (Å²) in [5.74, 6) is 1.05. The summed E-state index contributed by atoms with van der Waals surface area (Å²) >= 11 is 0. The molecule has 3 heteroatoms. The SMILES string of the molecule is CCc1cccc2nnc(CC)n12. The van der Waals surface area contributed by atoms with Gasteiger partial charge < -0.3 is 0 Å². The van der Waals surface area contributed by atoms with Crippen molar-refractivity contribution in [3.05, 3.63) is 29.7 Å². The second-order valence-electron chi connectivity index (χ2n) is 3.03. The first-order chi connectivity index (χ1) is 6.36. The molecule has 0 fully saturated rings. The van der Waals surface area contributed by atoms with Crippen LogP contribution < -0.4 is 0 Å². The molecule has 0 atom stereocenters. The second kappa shape index (κ2) is 3.17. The molecule has 0 N–H and O–H groups in total. The van der Waals surface area contributed by atoms with Crippen molar-refractivity contribution in [2.24, 2.45) is 0 Å². The molecule has 13 heavy (non-hydrogen) atoms. The summed E-state index contributed by atoms with van der Waals surface area (Å²) in [6.45, 7) is 4.25. The summed E-state index contributed by atoms with van der Waals surface area (Å²) in [4.78, 5) is 0. The third kappa shape index (κ3) is 1.20. The van der Waals surface area contributed by atoms with Gasteiger partial charge in [-0.05, 0) is 18.6 Å². The van der Waals surface area contributed by atoms with Crippen LogP contribution in [0, 0.1) is 0 Å². The number of rotatable bonds is 2. The third-order valence-corrected chi connectivity index (χ3v) is 2.25.